The molecule has 0 spiro atoms. The van der Waals surface area contributed by atoms with Crippen molar-refractivity contribution in [3.63, 3.8) is 0 Å². The lowest BCUT2D eigenvalue weighted by Crippen LogP contribution is -2.42. The molecule has 2 aromatic rings. The zero-order valence-electron chi connectivity index (χ0n) is 13.8. The predicted molar refractivity (Wildman–Crippen MR) is 104 cm³/mol. The molecular weight excluding hydrogens is 437 g/mol. The zero-order chi connectivity index (χ0) is 20.4. The van der Waals surface area contributed by atoms with Crippen LogP contribution in [-0.2, 0) is 19.6 Å². The number of carboxylic acids is 2. The van der Waals surface area contributed by atoms with Crippen molar-refractivity contribution in [3.8, 4) is 0 Å². The van der Waals surface area contributed by atoms with Gasteiger partial charge < -0.3 is 21.3 Å². The highest BCUT2D eigenvalue weighted by Gasteiger charge is 2.28. The first-order valence-electron chi connectivity index (χ1n) is 7.17. The van der Waals surface area contributed by atoms with Crippen LogP contribution in [0.2, 0.25) is 5.02 Å². The number of pyridine rings is 1. The average Bonchev–Trinajstić information content (AvgIpc) is 2.55. The molecule has 0 radical (unpaired) electrons. The van der Waals surface area contributed by atoms with E-state index in [1.807, 2.05) is 4.72 Å². The van der Waals surface area contributed by atoms with E-state index in [0.717, 1.165) is 6.07 Å². The lowest BCUT2D eigenvalue weighted by molar-refractivity contribution is -0.145. The summed E-state index contributed by atoms with van der Waals surface area (Å²) in [7, 11) is -4.38. The van der Waals surface area contributed by atoms with E-state index in [2.05, 4.69) is 10.3 Å². The molecule has 1 atom stereocenters. The van der Waals surface area contributed by atoms with Gasteiger partial charge in [-0.05, 0) is 12.1 Å². The SMILES string of the molecule is Cl.N=C(N)Nc1ncc(Cl)c2ccc(S(=O)(=O)N[C@H](CC(=O)O)C(=O)O)cc12. The lowest BCUT2D eigenvalue weighted by Gasteiger charge is -2.14. The van der Waals surface area contributed by atoms with Gasteiger partial charge in [0.05, 0.1) is 16.3 Å². The maximum absolute atomic E-state index is 12.5. The van der Waals surface area contributed by atoms with Crippen LogP contribution in [0, 0.1) is 5.41 Å². The minimum absolute atomic E-state index is 0. The van der Waals surface area contributed by atoms with Crippen molar-refractivity contribution in [2.24, 2.45) is 5.73 Å². The molecule has 0 unspecified atom stereocenters. The van der Waals surface area contributed by atoms with E-state index >= 15 is 0 Å². The fraction of sp³-hybridized carbons (Fsp3) is 0.143. The Kier molecular flexibility index (Phi) is 7.52. The van der Waals surface area contributed by atoms with Gasteiger partial charge in [0.2, 0.25) is 10.0 Å². The van der Waals surface area contributed by atoms with Gasteiger partial charge in [-0.3, -0.25) is 15.0 Å². The van der Waals surface area contributed by atoms with Crippen LogP contribution in [0.15, 0.2) is 29.3 Å². The Morgan fingerprint density at radius 3 is 2.46 bits per heavy atom. The van der Waals surface area contributed by atoms with E-state index in [1.54, 1.807) is 0 Å². The highest BCUT2D eigenvalue weighted by Crippen LogP contribution is 2.30. The van der Waals surface area contributed by atoms with Crippen molar-refractivity contribution < 1.29 is 28.2 Å². The molecule has 0 aliphatic rings. The van der Waals surface area contributed by atoms with Crippen molar-refractivity contribution in [1.82, 2.24) is 9.71 Å². The summed E-state index contributed by atoms with van der Waals surface area (Å²) in [5, 5.41) is 28.3. The van der Waals surface area contributed by atoms with Crippen LogP contribution in [0.3, 0.4) is 0 Å². The number of rotatable bonds is 7. The number of carboxylic acid groups (broad SMARTS) is 2. The molecule has 11 nitrogen and oxygen atoms in total. The Morgan fingerprint density at radius 2 is 1.93 bits per heavy atom. The standard InChI is InChI=1S/C14H14ClN5O6S.ClH/c15-9-5-18-12(19-14(16)17)8-3-6(1-2-7(8)9)27(25,26)20-10(13(23)24)4-11(21)22;/h1-3,5,10,20H,4H2,(H,21,22)(H,23,24)(H4,16,17,18,19);1H/t10-;/m1./s1. The molecule has 0 bridgehead atoms. The van der Waals surface area contributed by atoms with Crippen LogP contribution in [0.25, 0.3) is 10.8 Å². The van der Waals surface area contributed by atoms with E-state index in [9.17, 15) is 18.0 Å². The van der Waals surface area contributed by atoms with Crippen LogP contribution in [0.4, 0.5) is 5.82 Å². The first kappa shape index (κ1) is 23.4. The first-order chi connectivity index (χ1) is 12.5. The van der Waals surface area contributed by atoms with Gasteiger partial charge in [-0.1, -0.05) is 17.7 Å². The largest absolute Gasteiger partial charge is 0.481 e. The highest BCUT2D eigenvalue weighted by atomic mass is 35.5. The number of benzene rings is 1. The molecule has 7 N–H and O–H groups in total. The topological polar surface area (TPSA) is 196 Å². The fourth-order valence-corrected chi connectivity index (χ4v) is 3.62. The minimum atomic E-state index is -4.38. The van der Waals surface area contributed by atoms with Gasteiger partial charge >= 0.3 is 11.9 Å². The van der Waals surface area contributed by atoms with Crippen LogP contribution in [0.5, 0.6) is 0 Å². The Labute approximate surface area is 169 Å². The third-order valence-corrected chi connectivity index (χ3v) is 5.12. The van der Waals surface area contributed by atoms with E-state index in [0.29, 0.717) is 5.39 Å². The Hall–Kier alpha value is -2.67. The number of fused-ring (bicyclic) bond motifs is 1. The molecule has 1 heterocycles. The second-order valence-electron chi connectivity index (χ2n) is 5.31. The Morgan fingerprint density at radius 1 is 1.29 bits per heavy atom. The molecule has 0 fully saturated rings. The van der Waals surface area contributed by atoms with E-state index in [1.165, 1.54) is 18.3 Å². The number of nitrogens with zero attached hydrogens (tertiary/aromatic N) is 1. The molecule has 0 amide bonds. The van der Waals surface area contributed by atoms with Gasteiger partial charge in [-0.2, -0.15) is 4.72 Å². The first-order valence-corrected chi connectivity index (χ1v) is 9.03. The Bertz CT molecular complexity index is 1050. The highest BCUT2D eigenvalue weighted by molar-refractivity contribution is 7.89. The quantitative estimate of drug-likeness (QED) is 0.260. The molecule has 28 heavy (non-hydrogen) atoms. The lowest BCUT2D eigenvalue weighted by atomic mass is 10.1. The summed E-state index contributed by atoms with van der Waals surface area (Å²) in [5.41, 5.74) is 5.27. The number of sulfonamides is 1. The molecule has 1 aromatic heterocycles. The van der Waals surface area contributed by atoms with Gasteiger partial charge in [0.25, 0.3) is 0 Å². The molecule has 0 saturated carbocycles. The van der Waals surface area contributed by atoms with Gasteiger partial charge in [0.1, 0.15) is 11.9 Å². The number of guanidine groups is 1. The summed E-state index contributed by atoms with van der Waals surface area (Å²) in [6, 6.07) is 1.84. The summed E-state index contributed by atoms with van der Waals surface area (Å²) < 4.78 is 26.8. The number of aliphatic carboxylic acids is 2. The van der Waals surface area contributed by atoms with Crippen LogP contribution >= 0.6 is 24.0 Å². The van der Waals surface area contributed by atoms with Crippen molar-refractivity contribution in [1.29, 1.82) is 5.41 Å². The second-order valence-corrected chi connectivity index (χ2v) is 7.43. The van der Waals surface area contributed by atoms with Crippen LogP contribution < -0.4 is 15.8 Å². The fourth-order valence-electron chi connectivity index (χ4n) is 2.19. The van der Waals surface area contributed by atoms with E-state index in [4.69, 9.17) is 33.0 Å². The van der Waals surface area contributed by atoms with Crippen molar-refractivity contribution >= 4 is 68.5 Å². The maximum atomic E-state index is 12.5. The molecule has 0 saturated heterocycles. The van der Waals surface area contributed by atoms with Crippen molar-refractivity contribution in [2.75, 3.05) is 5.32 Å². The number of nitrogens with two attached hydrogens (primary N) is 1. The summed E-state index contributed by atoms with van der Waals surface area (Å²) in [6.07, 6.45) is 0.349. The smallest absolute Gasteiger partial charge is 0.322 e. The van der Waals surface area contributed by atoms with E-state index in [-0.39, 0.29) is 33.5 Å². The zero-order valence-corrected chi connectivity index (χ0v) is 16.2. The number of anilines is 1. The summed E-state index contributed by atoms with van der Waals surface area (Å²) in [6.45, 7) is 0. The second kappa shape index (κ2) is 9.01. The summed E-state index contributed by atoms with van der Waals surface area (Å²) in [4.78, 5) is 25.4. The number of hydrogen-bond acceptors (Lipinski definition) is 6. The summed E-state index contributed by atoms with van der Waals surface area (Å²) in [5.74, 6) is -3.48. The number of aromatic nitrogens is 1. The van der Waals surface area contributed by atoms with E-state index < -0.39 is 40.4 Å². The van der Waals surface area contributed by atoms with Crippen molar-refractivity contribution in [2.45, 2.75) is 17.4 Å². The third kappa shape index (κ3) is 5.42. The van der Waals surface area contributed by atoms with Gasteiger partial charge in [-0.25, -0.2) is 13.4 Å². The monoisotopic (exact) mass is 451 g/mol. The number of hydrogen-bond donors (Lipinski definition) is 6. The van der Waals surface area contributed by atoms with Crippen molar-refractivity contribution in [3.05, 3.63) is 29.4 Å². The molecule has 0 aliphatic heterocycles. The third-order valence-electron chi connectivity index (χ3n) is 3.35. The Balaban J connectivity index is 0.00000392. The molecule has 1 aromatic carbocycles. The molecule has 0 aliphatic carbocycles. The number of nitrogens with one attached hydrogen (secondary N) is 3. The number of halogens is 2. The van der Waals surface area contributed by atoms with Gasteiger partial charge in [0, 0.05) is 17.0 Å². The number of carbonyl (C=O) groups is 2. The molecule has 2 rings (SSSR count). The van der Waals surface area contributed by atoms with Crippen LogP contribution in [-0.4, -0.2) is 47.6 Å². The normalized spacial score (nSPS) is 12.0. The molecule has 152 valence electrons. The minimum Gasteiger partial charge on any atom is -0.481 e. The summed E-state index contributed by atoms with van der Waals surface area (Å²) >= 11 is 6.03. The average molecular weight is 452 g/mol. The maximum Gasteiger partial charge on any atom is 0.322 e. The van der Waals surface area contributed by atoms with Gasteiger partial charge in [-0.15, -0.1) is 12.4 Å². The predicted octanol–water partition coefficient (Wildman–Crippen LogP) is 0.822. The molecular formula is C14H15Cl2N5O6S. The van der Waals surface area contributed by atoms with Crippen LogP contribution in [0.1, 0.15) is 6.42 Å². The molecule has 14 heteroatoms. The van der Waals surface area contributed by atoms with Gasteiger partial charge in [0.15, 0.2) is 5.96 Å².